The molecule has 6 heteroatoms. The molecule has 0 fully saturated rings. The van der Waals surface area contributed by atoms with Crippen molar-refractivity contribution in [2.75, 3.05) is 27.4 Å². The molecule has 0 aromatic heterocycles. The van der Waals surface area contributed by atoms with Crippen LogP contribution < -0.4 is 10.6 Å². The van der Waals surface area contributed by atoms with Crippen LogP contribution in [-0.2, 0) is 19.1 Å². The lowest BCUT2D eigenvalue weighted by Crippen LogP contribution is -2.48. The van der Waals surface area contributed by atoms with Crippen LogP contribution in [0.4, 0.5) is 0 Å². The number of methoxy groups -OCH3 is 2. The molecule has 0 aliphatic carbocycles. The van der Waals surface area contributed by atoms with E-state index < -0.39 is 12.1 Å². The normalized spacial score (nSPS) is 14.0. The van der Waals surface area contributed by atoms with E-state index in [0.717, 1.165) is 0 Å². The lowest BCUT2D eigenvalue weighted by molar-refractivity contribution is -0.134. The number of hydrogen-bond acceptors (Lipinski definition) is 4. The van der Waals surface area contributed by atoms with Crippen LogP contribution in [0.25, 0.3) is 0 Å². The van der Waals surface area contributed by atoms with Crippen LogP contribution >= 0.6 is 0 Å². The van der Waals surface area contributed by atoms with Crippen molar-refractivity contribution < 1.29 is 19.1 Å². The molecule has 2 atom stereocenters. The third-order valence-electron chi connectivity index (χ3n) is 2.08. The van der Waals surface area contributed by atoms with E-state index in [1.165, 1.54) is 7.11 Å². The highest BCUT2D eigenvalue weighted by Crippen LogP contribution is 1.90. The van der Waals surface area contributed by atoms with Gasteiger partial charge in [-0.2, -0.15) is 0 Å². The summed E-state index contributed by atoms with van der Waals surface area (Å²) in [5.74, 6) is -0.550. The van der Waals surface area contributed by atoms with Gasteiger partial charge in [-0.25, -0.2) is 0 Å². The Balaban J connectivity index is 3.91. The van der Waals surface area contributed by atoms with E-state index in [9.17, 15) is 9.59 Å². The number of nitrogens with one attached hydrogen (secondary N) is 2. The minimum Gasteiger partial charge on any atom is -0.383 e. The Morgan fingerprint density at radius 1 is 1.19 bits per heavy atom. The van der Waals surface area contributed by atoms with E-state index in [2.05, 4.69) is 10.6 Å². The van der Waals surface area contributed by atoms with Gasteiger partial charge in [-0.05, 0) is 13.8 Å². The fourth-order valence-electron chi connectivity index (χ4n) is 0.933. The van der Waals surface area contributed by atoms with Crippen LogP contribution in [0.2, 0.25) is 0 Å². The highest BCUT2D eigenvalue weighted by atomic mass is 16.5. The number of carbonyl (C=O) groups excluding carboxylic acids is 2. The van der Waals surface area contributed by atoms with Crippen molar-refractivity contribution in [1.29, 1.82) is 0 Å². The first kappa shape index (κ1) is 14.9. The molecule has 2 amide bonds. The Bertz CT molecular complexity index is 233. The van der Waals surface area contributed by atoms with E-state index in [1.807, 2.05) is 0 Å². The Hall–Kier alpha value is -1.14. The van der Waals surface area contributed by atoms with E-state index >= 15 is 0 Å². The maximum atomic E-state index is 11.4. The van der Waals surface area contributed by atoms with Crippen molar-refractivity contribution in [3.05, 3.63) is 0 Å². The molecule has 2 unspecified atom stereocenters. The molecule has 0 aliphatic heterocycles. The number of ether oxygens (including phenoxy) is 2. The standard InChI is InChI=1S/C10H20N2O4/c1-7(9(13)11-5-6-15-3)12-10(14)8(2)16-4/h7-8H,5-6H2,1-4H3,(H,11,13)(H,12,14). The molecule has 0 aliphatic rings. The average molecular weight is 232 g/mol. The molecule has 0 saturated heterocycles. The molecule has 0 aromatic rings. The molecular formula is C10H20N2O4. The molecule has 0 rings (SSSR count). The van der Waals surface area contributed by atoms with Crippen LogP contribution in [0.5, 0.6) is 0 Å². The van der Waals surface area contributed by atoms with Crippen molar-refractivity contribution in [3.8, 4) is 0 Å². The number of amides is 2. The summed E-state index contributed by atoms with van der Waals surface area (Å²) in [5, 5.41) is 5.17. The van der Waals surface area contributed by atoms with Gasteiger partial charge in [0, 0.05) is 20.8 Å². The fraction of sp³-hybridized carbons (Fsp3) is 0.800. The molecule has 0 heterocycles. The van der Waals surface area contributed by atoms with Gasteiger partial charge in [0.2, 0.25) is 11.8 Å². The van der Waals surface area contributed by atoms with E-state index in [1.54, 1.807) is 21.0 Å². The topological polar surface area (TPSA) is 76.7 Å². The molecule has 0 spiro atoms. The maximum absolute atomic E-state index is 11.4. The van der Waals surface area contributed by atoms with Gasteiger partial charge in [-0.3, -0.25) is 9.59 Å². The Kier molecular flexibility index (Phi) is 7.49. The second kappa shape index (κ2) is 8.06. The lowest BCUT2D eigenvalue weighted by Gasteiger charge is -2.16. The highest BCUT2D eigenvalue weighted by molar-refractivity contribution is 5.88. The third-order valence-corrected chi connectivity index (χ3v) is 2.08. The predicted molar refractivity (Wildman–Crippen MR) is 59.0 cm³/mol. The van der Waals surface area contributed by atoms with Gasteiger partial charge in [0.05, 0.1) is 6.61 Å². The van der Waals surface area contributed by atoms with Crippen LogP contribution in [-0.4, -0.2) is 51.3 Å². The van der Waals surface area contributed by atoms with Gasteiger partial charge in [0.25, 0.3) is 0 Å². The highest BCUT2D eigenvalue weighted by Gasteiger charge is 2.18. The molecule has 0 saturated carbocycles. The molecule has 16 heavy (non-hydrogen) atoms. The van der Waals surface area contributed by atoms with Gasteiger partial charge >= 0.3 is 0 Å². The van der Waals surface area contributed by atoms with Crippen LogP contribution in [0.15, 0.2) is 0 Å². The zero-order valence-electron chi connectivity index (χ0n) is 10.2. The lowest BCUT2D eigenvalue weighted by atomic mass is 10.3. The van der Waals surface area contributed by atoms with Crippen molar-refractivity contribution in [2.24, 2.45) is 0 Å². The Morgan fingerprint density at radius 3 is 2.31 bits per heavy atom. The summed E-state index contributed by atoms with van der Waals surface area (Å²) in [5.41, 5.74) is 0. The molecule has 94 valence electrons. The van der Waals surface area contributed by atoms with Crippen LogP contribution in [0.3, 0.4) is 0 Å². The molecule has 0 radical (unpaired) electrons. The summed E-state index contributed by atoms with van der Waals surface area (Å²) in [6.45, 7) is 4.10. The summed E-state index contributed by atoms with van der Waals surface area (Å²) in [7, 11) is 2.99. The fourth-order valence-corrected chi connectivity index (χ4v) is 0.933. The molecule has 2 N–H and O–H groups in total. The zero-order valence-corrected chi connectivity index (χ0v) is 10.2. The van der Waals surface area contributed by atoms with Gasteiger partial charge in [-0.1, -0.05) is 0 Å². The zero-order chi connectivity index (χ0) is 12.6. The first-order chi connectivity index (χ1) is 7.52. The van der Waals surface area contributed by atoms with E-state index in [0.29, 0.717) is 13.2 Å². The SMILES string of the molecule is COCCNC(=O)C(C)NC(=O)C(C)OC. The minimum atomic E-state index is -0.582. The summed E-state index contributed by atoms with van der Waals surface area (Å²) >= 11 is 0. The number of rotatable bonds is 7. The number of hydrogen-bond donors (Lipinski definition) is 2. The molecular weight excluding hydrogens is 212 g/mol. The van der Waals surface area contributed by atoms with Crippen molar-refractivity contribution in [2.45, 2.75) is 26.0 Å². The maximum Gasteiger partial charge on any atom is 0.249 e. The predicted octanol–water partition coefficient (Wildman–Crippen LogP) is -0.711. The first-order valence-corrected chi connectivity index (χ1v) is 5.12. The summed E-state index contributed by atoms with van der Waals surface area (Å²) in [6.07, 6.45) is -0.561. The molecule has 0 bridgehead atoms. The number of carbonyl (C=O) groups is 2. The monoisotopic (exact) mass is 232 g/mol. The molecule has 0 aromatic carbocycles. The van der Waals surface area contributed by atoms with Crippen molar-refractivity contribution >= 4 is 11.8 Å². The largest absolute Gasteiger partial charge is 0.383 e. The Morgan fingerprint density at radius 2 is 1.81 bits per heavy atom. The molecule has 6 nitrogen and oxygen atoms in total. The summed E-state index contributed by atoms with van der Waals surface area (Å²) in [6, 6.07) is -0.582. The second-order valence-corrected chi connectivity index (χ2v) is 3.39. The quantitative estimate of drug-likeness (QED) is 0.568. The third kappa shape index (κ3) is 5.67. The van der Waals surface area contributed by atoms with Crippen molar-refractivity contribution in [3.63, 3.8) is 0 Å². The Labute approximate surface area is 95.7 Å². The van der Waals surface area contributed by atoms with Crippen molar-refractivity contribution in [1.82, 2.24) is 10.6 Å². The average Bonchev–Trinajstić information content (AvgIpc) is 2.27. The minimum absolute atomic E-state index is 0.242. The van der Waals surface area contributed by atoms with Crippen LogP contribution in [0.1, 0.15) is 13.8 Å². The van der Waals surface area contributed by atoms with Gasteiger partial charge in [0.1, 0.15) is 12.1 Å². The smallest absolute Gasteiger partial charge is 0.249 e. The van der Waals surface area contributed by atoms with E-state index in [-0.39, 0.29) is 11.8 Å². The first-order valence-electron chi connectivity index (χ1n) is 5.12. The van der Waals surface area contributed by atoms with E-state index in [4.69, 9.17) is 9.47 Å². The second-order valence-electron chi connectivity index (χ2n) is 3.39. The summed E-state index contributed by atoms with van der Waals surface area (Å²) < 4.78 is 9.61. The van der Waals surface area contributed by atoms with Crippen LogP contribution in [0, 0.1) is 0 Å². The van der Waals surface area contributed by atoms with Gasteiger partial charge in [-0.15, -0.1) is 0 Å². The van der Waals surface area contributed by atoms with Gasteiger partial charge < -0.3 is 20.1 Å². The van der Waals surface area contributed by atoms with Gasteiger partial charge in [0.15, 0.2) is 0 Å². The summed E-state index contributed by atoms with van der Waals surface area (Å²) in [4.78, 5) is 22.8.